The van der Waals surface area contributed by atoms with Gasteiger partial charge in [-0.25, -0.2) is 8.42 Å². The molecule has 7 nitrogen and oxygen atoms in total. The molecule has 1 saturated heterocycles. The first-order chi connectivity index (χ1) is 14.7. The highest BCUT2D eigenvalue weighted by atomic mass is 32.2. The molecule has 4 rings (SSSR count). The quantitative estimate of drug-likeness (QED) is 0.734. The molecule has 0 radical (unpaired) electrons. The number of hydrogen-bond acceptors (Lipinski definition) is 6. The molecule has 2 aliphatic rings. The molecule has 2 heterocycles. The average Bonchev–Trinajstić information content (AvgIpc) is 2.92. The molecule has 8 heteroatoms. The molecule has 1 atom stereocenters. The third kappa shape index (κ3) is 4.05. The Morgan fingerprint density at radius 3 is 2.32 bits per heavy atom. The molecule has 0 amide bonds. The molecule has 0 bridgehead atoms. The lowest BCUT2D eigenvalue weighted by molar-refractivity contribution is 0.0729. The molecule has 2 aromatic carbocycles. The summed E-state index contributed by atoms with van der Waals surface area (Å²) in [5.41, 5.74) is 1.18. The van der Waals surface area contributed by atoms with Gasteiger partial charge >= 0.3 is 0 Å². The van der Waals surface area contributed by atoms with Gasteiger partial charge in [0.15, 0.2) is 0 Å². The number of piperazine rings is 1. The summed E-state index contributed by atoms with van der Waals surface area (Å²) >= 11 is 0. The summed E-state index contributed by atoms with van der Waals surface area (Å²) in [5, 5.41) is 10.8. The minimum absolute atomic E-state index is 0.0801. The molecule has 2 aromatic rings. The summed E-state index contributed by atoms with van der Waals surface area (Å²) in [6.07, 6.45) is -0.763. The van der Waals surface area contributed by atoms with E-state index in [2.05, 4.69) is 15.9 Å². The van der Waals surface area contributed by atoms with E-state index in [9.17, 15) is 13.5 Å². The Hall–Kier alpha value is -2.13. The van der Waals surface area contributed by atoms with E-state index in [-0.39, 0.29) is 6.54 Å². The van der Waals surface area contributed by atoms with E-state index in [1.54, 1.807) is 19.2 Å². The van der Waals surface area contributed by atoms with Crippen molar-refractivity contribution in [3.8, 4) is 5.75 Å². The van der Waals surface area contributed by atoms with Crippen molar-refractivity contribution in [1.82, 2.24) is 9.21 Å². The monoisotopic (exact) mass is 445 g/mol. The lowest BCUT2D eigenvalue weighted by Gasteiger charge is -2.38. The van der Waals surface area contributed by atoms with Gasteiger partial charge in [0.05, 0.1) is 29.3 Å². The molecular weight excluding hydrogens is 414 g/mol. The molecule has 0 spiro atoms. The second-order valence-corrected chi connectivity index (χ2v) is 10.5. The molecule has 0 aromatic heterocycles. The maximum absolute atomic E-state index is 13.1. The predicted molar refractivity (Wildman–Crippen MR) is 121 cm³/mol. The number of nitrogens with zero attached hydrogens (tertiary/aromatic N) is 3. The Balaban J connectivity index is 1.38. The number of ether oxygens (including phenoxy) is 1. The topological polar surface area (TPSA) is 73.3 Å². The van der Waals surface area contributed by atoms with Crippen molar-refractivity contribution in [2.45, 2.75) is 30.4 Å². The second-order valence-electron chi connectivity index (χ2n) is 8.70. The first kappa shape index (κ1) is 22.1. The van der Waals surface area contributed by atoms with Gasteiger partial charge in [0, 0.05) is 39.3 Å². The summed E-state index contributed by atoms with van der Waals surface area (Å²) in [4.78, 5) is 4.82. The van der Waals surface area contributed by atoms with Crippen molar-refractivity contribution in [3.63, 3.8) is 0 Å². The summed E-state index contributed by atoms with van der Waals surface area (Å²) in [7, 11) is -1.93. The fourth-order valence-electron chi connectivity index (χ4n) is 4.69. The summed E-state index contributed by atoms with van der Waals surface area (Å²) in [6, 6.07) is 15.1. The van der Waals surface area contributed by atoms with E-state index in [0.717, 1.165) is 43.2 Å². The van der Waals surface area contributed by atoms with Crippen LogP contribution in [0.5, 0.6) is 5.75 Å². The molecule has 1 unspecified atom stereocenters. The van der Waals surface area contributed by atoms with Crippen LogP contribution in [0, 0.1) is 0 Å². The van der Waals surface area contributed by atoms with Gasteiger partial charge in [0.1, 0.15) is 5.75 Å². The Kier molecular flexibility index (Phi) is 6.00. The zero-order valence-corrected chi connectivity index (χ0v) is 19.2. The van der Waals surface area contributed by atoms with Gasteiger partial charge < -0.3 is 14.7 Å². The van der Waals surface area contributed by atoms with Crippen LogP contribution in [0.15, 0.2) is 53.4 Å². The van der Waals surface area contributed by atoms with Crippen molar-refractivity contribution in [2.75, 3.05) is 51.3 Å². The van der Waals surface area contributed by atoms with Crippen molar-refractivity contribution in [2.24, 2.45) is 0 Å². The third-order valence-corrected chi connectivity index (χ3v) is 8.48. The fourth-order valence-corrected chi connectivity index (χ4v) is 6.84. The van der Waals surface area contributed by atoms with Crippen LogP contribution < -0.4 is 9.64 Å². The number of hydrogen-bond donors (Lipinski definition) is 1. The minimum atomic E-state index is -3.61. The van der Waals surface area contributed by atoms with Crippen molar-refractivity contribution < 1.29 is 18.3 Å². The lowest BCUT2D eigenvalue weighted by atomic mass is 9.94. The fraction of sp³-hybridized carbons (Fsp3) is 0.478. The molecule has 31 heavy (non-hydrogen) atoms. The standard InChI is InChI=1S/C23H31N3O4S/c1-23(2)19-8-4-7-11-22(19)31(28,29)26(23)17-18(27)16-24-12-14-25(15-13-24)20-9-5-6-10-21(20)30-3/h4-11,18,27H,12-17H2,1-3H3. The molecule has 2 aliphatic heterocycles. The highest BCUT2D eigenvalue weighted by Gasteiger charge is 2.48. The van der Waals surface area contributed by atoms with Gasteiger partial charge in [-0.1, -0.05) is 30.3 Å². The maximum atomic E-state index is 13.1. The molecule has 1 fully saturated rings. The average molecular weight is 446 g/mol. The summed E-state index contributed by atoms with van der Waals surface area (Å²) < 4.78 is 33.1. The van der Waals surface area contributed by atoms with E-state index >= 15 is 0 Å². The van der Waals surface area contributed by atoms with Crippen LogP contribution >= 0.6 is 0 Å². The van der Waals surface area contributed by atoms with E-state index < -0.39 is 21.7 Å². The van der Waals surface area contributed by atoms with Crippen LogP contribution in [-0.4, -0.2) is 75.2 Å². The number of aliphatic hydroxyl groups excluding tert-OH is 1. The van der Waals surface area contributed by atoms with E-state index in [0.29, 0.717) is 11.4 Å². The van der Waals surface area contributed by atoms with Crippen LogP contribution in [0.4, 0.5) is 5.69 Å². The van der Waals surface area contributed by atoms with Crippen LogP contribution in [0.3, 0.4) is 0 Å². The molecule has 0 aliphatic carbocycles. The first-order valence-corrected chi connectivity index (χ1v) is 12.1. The highest BCUT2D eigenvalue weighted by Crippen LogP contribution is 2.43. The zero-order valence-electron chi connectivity index (χ0n) is 18.4. The number of rotatable bonds is 6. The van der Waals surface area contributed by atoms with Gasteiger partial charge in [-0.2, -0.15) is 4.31 Å². The van der Waals surface area contributed by atoms with Crippen LogP contribution in [0.25, 0.3) is 0 Å². The zero-order chi connectivity index (χ0) is 22.2. The highest BCUT2D eigenvalue weighted by molar-refractivity contribution is 7.89. The molecular formula is C23H31N3O4S. The first-order valence-electron chi connectivity index (χ1n) is 10.7. The Bertz CT molecular complexity index is 1030. The summed E-state index contributed by atoms with van der Waals surface area (Å²) in [6.45, 7) is 7.56. The Labute approximate surface area is 184 Å². The number of benzene rings is 2. The smallest absolute Gasteiger partial charge is 0.244 e. The number of β-amino-alcohol motifs (C(OH)–C–C–N with tert-alkyl or cyclic N) is 1. The third-order valence-electron chi connectivity index (χ3n) is 6.38. The number of methoxy groups -OCH3 is 1. The van der Waals surface area contributed by atoms with E-state index in [4.69, 9.17) is 4.74 Å². The van der Waals surface area contributed by atoms with E-state index in [1.165, 1.54) is 4.31 Å². The predicted octanol–water partition coefficient (Wildman–Crippen LogP) is 2.12. The Morgan fingerprint density at radius 2 is 1.65 bits per heavy atom. The van der Waals surface area contributed by atoms with Gasteiger partial charge in [-0.15, -0.1) is 0 Å². The van der Waals surface area contributed by atoms with Crippen LogP contribution in [-0.2, 0) is 15.6 Å². The van der Waals surface area contributed by atoms with E-state index in [1.807, 2.05) is 44.2 Å². The maximum Gasteiger partial charge on any atom is 0.244 e. The molecule has 1 N–H and O–H groups in total. The summed E-state index contributed by atoms with van der Waals surface area (Å²) in [5.74, 6) is 0.858. The van der Waals surface area contributed by atoms with Gasteiger partial charge in [0.2, 0.25) is 10.0 Å². The minimum Gasteiger partial charge on any atom is -0.495 e. The number of anilines is 1. The number of fused-ring (bicyclic) bond motifs is 1. The van der Waals surface area contributed by atoms with Gasteiger partial charge in [-0.05, 0) is 37.6 Å². The SMILES string of the molecule is COc1ccccc1N1CCN(CC(O)CN2C(C)(C)c3ccccc3S2(=O)=O)CC1. The lowest BCUT2D eigenvalue weighted by Crippen LogP contribution is -2.51. The largest absolute Gasteiger partial charge is 0.495 e. The number of para-hydroxylation sites is 2. The van der Waals surface area contributed by atoms with Crippen molar-refractivity contribution in [1.29, 1.82) is 0 Å². The molecule has 0 saturated carbocycles. The number of sulfonamides is 1. The van der Waals surface area contributed by atoms with Gasteiger partial charge in [0.25, 0.3) is 0 Å². The van der Waals surface area contributed by atoms with Crippen LogP contribution in [0.1, 0.15) is 19.4 Å². The Morgan fingerprint density at radius 1 is 1.00 bits per heavy atom. The van der Waals surface area contributed by atoms with Crippen molar-refractivity contribution >= 4 is 15.7 Å². The molecule has 168 valence electrons. The second kappa shape index (κ2) is 8.43. The normalized spacial score (nSPS) is 21.6. The number of aliphatic hydroxyl groups is 1. The van der Waals surface area contributed by atoms with Crippen molar-refractivity contribution in [3.05, 3.63) is 54.1 Å². The van der Waals surface area contributed by atoms with Gasteiger partial charge in [-0.3, -0.25) is 4.90 Å². The van der Waals surface area contributed by atoms with Crippen LogP contribution in [0.2, 0.25) is 0 Å².